The van der Waals surface area contributed by atoms with Crippen molar-refractivity contribution in [3.05, 3.63) is 188 Å². The first-order valence-electron chi connectivity index (χ1n) is 17.1. The van der Waals surface area contributed by atoms with Crippen LogP contribution in [0.4, 0.5) is 17.1 Å². The Labute approximate surface area is 290 Å². The van der Waals surface area contributed by atoms with Crippen molar-refractivity contribution in [2.45, 2.75) is 0 Å². The Morgan fingerprint density at radius 1 is 0.320 bits per heavy atom. The number of hydrogen-bond donors (Lipinski definition) is 0. The van der Waals surface area contributed by atoms with Crippen LogP contribution in [0.15, 0.2) is 192 Å². The second-order valence-corrected chi connectivity index (χ2v) is 13.0. The van der Waals surface area contributed by atoms with Crippen molar-refractivity contribution in [1.82, 2.24) is 0 Å². The fourth-order valence-corrected chi connectivity index (χ4v) is 7.55. The first-order chi connectivity index (χ1) is 24.8. The quantitative estimate of drug-likeness (QED) is 0.175. The van der Waals surface area contributed by atoms with Crippen molar-refractivity contribution in [1.29, 1.82) is 0 Å². The number of anilines is 3. The highest BCUT2D eigenvalue weighted by Gasteiger charge is 2.18. The number of nitrogens with zero attached hydrogens (tertiary/aromatic N) is 1. The van der Waals surface area contributed by atoms with Crippen LogP contribution in [0.5, 0.6) is 0 Å². The third-order valence-electron chi connectivity index (χ3n) is 10.0. The smallest absolute Gasteiger partial charge is 0.136 e. The molecule has 50 heavy (non-hydrogen) atoms. The predicted octanol–water partition coefficient (Wildman–Crippen LogP) is 13.8. The fourth-order valence-electron chi connectivity index (χ4n) is 7.55. The van der Waals surface area contributed by atoms with E-state index >= 15 is 0 Å². The lowest BCUT2D eigenvalue weighted by Gasteiger charge is -2.28. The summed E-state index contributed by atoms with van der Waals surface area (Å²) in [6.07, 6.45) is 0. The Morgan fingerprint density at radius 2 is 1.00 bits per heavy atom. The molecular formula is C48H31NO. The fraction of sp³-hybridized carbons (Fsp3) is 0. The molecule has 234 valence electrons. The van der Waals surface area contributed by atoms with Gasteiger partial charge in [0.1, 0.15) is 11.2 Å². The Morgan fingerprint density at radius 3 is 1.90 bits per heavy atom. The molecule has 0 radical (unpaired) electrons. The first kappa shape index (κ1) is 28.4. The normalized spacial score (nSPS) is 11.6. The van der Waals surface area contributed by atoms with Gasteiger partial charge < -0.3 is 9.32 Å². The van der Waals surface area contributed by atoms with Crippen molar-refractivity contribution in [2.24, 2.45) is 0 Å². The molecule has 0 aliphatic rings. The van der Waals surface area contributed by atoms with Gasteiger partial charge in [-0.05, 0) is 104 Å². The summed E-state index contributed by atoms with van der Waals surface area (Å²) in [6.45, 7) is 0. The van der Waals surface area contributed by atoms with Gasteiger partial charge in [0.2, 0.25) is 0 Å². The minimum Gasteiger partial charge on any atom is -0.456 e. The van der Waals surface area contributed by atoms with Crippen LogP contribution in [0.2, 0.25) is 0 Å². The maximum Gasteiger partial charge on any atom is 0.136 e. The lowest BCUT2D eigenvalue weighted by Crippen LogP contribution is -2.11. The monoisotopic (exact) mass is 637 g/mol. The van der Waals surface area contributed by atoms with Gasteiger partial charge >= 0.3 is 0 Å². The summed E-state index contributed by atoms with van der Waals surface area (Å²) < 4.78 is 6.22. The summed E-state index contributed by atoms with van der Waals surface area (Å²) in [4.78, 5) is 2.39. The Balaban J connectivity index is 1.09. The average molecular weight is 638 g/mol. The van der Waals surface area contributed by atoms with E-state index in [9.17, 15) is 0 Å². The maximum absolute atomic E-state index is 6.22. The van der Waals surface area contributed by atoms with Crippen LogP contribution in [0.1, 0.15) is 0 Å². The molecule has 0 atom stereocenters. The lowest BCUT2D eigenvalue weighted by atomic mass is 9.98. The summed E-state index contributed by atoms with van der Waals surface area (Å²) in [5.74, 6) is 0. The molecule has 1 heterocycles. The molecule has 0 fully saturated rings. The zero-order chi connectivity index (χ0) is 33.0. The van der Waals surface area contributed by atoms with Gasteiger partial charge in [-0.1, -0.05) is 133 Å². The number of fused-ring (bicyclic) bond motifs is 7. The standard InChI is InChI=1S/C48H31NO/c1-2-10-33(11-3-1)43-14-6-8-16-46(43)49(40-26-27-42-37(29-40)21-18-34-12-4-5-13-41(34)42)39-24-22-32(23-25-39)35-19-20-36-30-45-44-15-7-9-17-47(44)50-48(45)31-38(36)28-35/h1-31H. The Hall–Kier alpha value is -6.64. The van der Waals surface area contributed by atoms with E-state index in [0.717, 1.165) is 39.0 Å². The average Bonchev–Trinajstić information content (AvgIpc) is 3.55. The van der Waals surface area contributed by atoms with Crippen LogP contribution in [0.25, 0.3) is 76.5 Å². The number of rotatable bonds is 5. The zero-order valence-corrected chi connectivity index (χ0v) is 27.3. The van der Waals surface area contributed by atoms with Gasteiger partial charge in [0.05, 0.1) is 5.69 Å². The van der Waals surface area contributed by atoms with E-state index in [1.165, 1.54) is 54.6 Å². The van der Waals surface area contributed by atoms with E-state index in [4.69, 9.17) is 4.42 Å². The molecule has 0 unspecified atom stereocenters. The van der Waals surface area contributed by atoms with E-state index in [1.807, 2.05) is 12.1 Å². The van der Waals surface area contributed by atoms with Crippen molar-refractivity contribution in [3.8, 4) is 22.3 Å². The highest BCUT2D eigenvalue weighted by molar-refractivity contribution is 6.11. The molecule has 2 heteroatoms. The van der Waals surface area contributed by atoms with Crippen LogP contribution in [-0.4, -0.2) is 0 Å². The predicted molar refractivity (Wildman–Crippen MR) is 212 cm³/mol. The van der Waals surface area contributed by atoms with Crippen molar-refractivity contribution >= 4 is 71.3 Å². The van der Waals surface area contributed by atoms with Crippen molar-refractivity contribution in [2.75, 3.05) is 4.90 Å². The van der Waals surface area contributed by atoms with Gasteiger partial charge in [-0.25, -0.2) is 0 Å². The molecular weight excluding hydrogens is 607 g/mol. The molecule has 0 aliphatic heterocycles. The summed E-state index contributed by atoms with van der Waals surface area (Å²) in [5.41, 5.74) is 9.90. The third-order valence-corrected chi connectivity index (χ3v) is 10.0. The second-order valence-electron chi connectivity index (χ2n) is 13.0. The van der Waals surface area contributed by atoms with E-state index < -0.39 is 0 Å². The summed E-state index contributed by atoms with van der Waals surface area (Å²) in [5, 5.41) is 9.69. The lowest BCUT2D eigenvalue weighted by molar-refractivity contribution is 0.669. The minimum absolute atomic E-state index is 0.919. The summed E-state index contributed by atoms with van der Waals surface area (Å²) in [7, 11) is 0. The molecule has 10 rings (SSSR count). The molecule has 0 saturated heterocycles. The van der Waals surface area contributed by atoms with Crippen molar-refractivity contribution < 1.29 is 4.42 Å². The van der Waals surface area contributed by atoms with Gasteiger partial charge in [0.25, 0.3) is 0 Å². The van der Waals surface area contributed by atoms with Crippen LogP contribution in [-0.2, 0) is 0 Å². The minimum atomic E-state index is 0.919. The molecule has 0 saturated carbocycles. The zero-order valence-electron chi connectivity index (χ0n) is 27.3. The number of benzene rings is 9. The topological polar surface area (TPSA) is 16.4 Å². The summed E-state index contributed by atoms with van der Waals surface area (Å²) >= 11 is 0. The molecule has 10 aromatic rings. The molecule has 2 nitrogen and oxygen atoms in total. The van der Waals surface area contributed by atoms with Gasteiger partial charge in [-0.15, -0.1) is 0 Å². The molecule has 0 N–H and O–H groups in total. The third kappa shape index (κ3) is 4.73. The molecule has 0 bridgehead atoms. The van der Waals surface area contributed by atoms with Gasteiger partial charge in [-0.2, -0.15) is 0 Å². The second kappa shape index (κ2) is 11.5. The van der Waals surface area contributed by atoms with Crippen molar-refractivity contribution in [3.63, 3.8) is 0 Å². The number of para-hydroxylation sites is 2. The Bertz CT molecular complexity index is 2870. The maximum atomic E-state index is 6.22. The largest absolute Gasteiger partial charge is 0.456 e. The molecule has 1 aromatic heterocycles. The van der Waals surface area contributed by atoms with Gasteiger partial charge in [-0.3, -0.25) is 0 Å². The van der Waals surface area contributed by atoms with E-state index in [2.05, 4.69) is 181 Å². The Kier molecular flexibility index (Phi) is 6.53. The molecule has 0 aliphatic carbocycles. The SMILES string of the molecule is c1ccc(-c2ccccc2N(c2ccc(-c3ccc4cc5c(cc4c3)oc3ccccc35)cc2)c2ccc3c(ccc4ccccc43)c2)cc1. The molecule has 0 amide bonds. The highest BCUT2D eigenvalue weighted by Crippen LogP contribution is 2.43. The van der Waals surface area contributed by atoms with E-state index in [0.29, 0.717) is 0 Å². The van der Waals surface area contributed by atoms with Crippen LogP contribution >= 0.6 is 0 Å². The number of hydrogen-bond acceptors (Lipinski definition) is 2. The van der Waals surface area contributed by atoms with E-state index in [1.54, 1.807) is 0 Å². The molecule has 0 spiro atoms. The number of furan rings is 1. The first-order valence-corrected chi connectivity index (χ1v) is 17.1. The van der Waals surface area contributed by atoms with E-state index in [-0.39, 0.29) is 0 Å². The highest BCUT2D eigenvalue weighted by atomic mass is 16.3. The van der Waals surface area contributed by atoms with Gasteiger partial charge in [0.15, 0.2) is 0 Å². The van der Waals surface area contributed by atoms with Crippen LogP contribution in [0.3, 0.4) is 0 Å². The van der Waals surface area contributed by atoms with Gasteiger partial charge in [0, 0.05) is 27.7 Å². The summed E-state index contributed by atoms with van der Waals surface area (Å²) in [6, 6.07) is 67.6. The van der Waals surface area contributed by atoms with Crippen LogP contribution in [0, 0.1) is 0 Å². The molecule has 9 aromatic carbocycles. The van der Waals surface area contributed by atoms with Crippen LogP contribution < -0.4 is 4.90 Å².